The number of halogens is 1. The highest BCUT2D eigenvalue weighted by molar-refractivity contribution is 6.17. The first-order valence-electron chi connectivity index (χ1n) is 5.94. The molecular formula is C16H15ClO. The number of hydrogen-bond acceptors (Lipinski definition) is 1. The van der Waals surface area contributed by atoms with Crippen molar-refractivity contribution in [3.8, 4) is 11.5 Å². The third kappa shape index (κ3) is 3.94. The quantitative estimate of drug-likeness (QED) is 0.676. The first-order valence-corrected chi connectivity index (χ1v) is 6.47. The van der Waals surface area contributed by atoms with E-state index in [9.17, 15) is 0 Å². The summed E-state index contributed by atoms with van der Waals surface area (Å²) < 4.78 is 5.71. The number of benzene rings is 2. The zero-order valence-corrected chi connectivity index (χ0v) is 10.8. The Kier molecular flexibility index (Phi) is 4.86. The van der Waals surface area contributed by atoms with E-state index in [2.05, 4.69) is 12.2 Å². The van der Waals surface area contributed by atoms with Crippen LogP contribution in [0, 0.1) is 0 Å². The van der Waals surface area contributed by atoms with Crippen LogP contribution in [0.5, 0.6) is 11.5 Å². The van der Waals surface area contributed by atoms with Gasteiger partial charge in [-0.05, 0) is 36.2 Å². The van der Waals surface area contributed by atoms with E-state index in [4.69, 9.17) is 16.3 Å². The highest BCUT2D eigenvalue weighted by Crippen LogP contribution is 2.21. The maximum Gasteiger partial charge on any atom is 0.127 e. The van der Waals surface area contributed by atoms with Gasteiger partial charge in [-0.1, -0.05) is 42.5 Å². The van der Waals surface area contributed by atoms with Gasteiger partial charge in [0, 0.05) is 5.88 Å². The number of allylic oxidation sites excluding steroid dienone is 1. The Hall–Kier alpha value is -1.73. The molecule has 92 valence electrons. The summed E-state index contributed by atoms with van der Waals surface area (Å²) in [5, 5.41) is 0. The van der Waals surface area contributed by atoms with Crippen LogP contribution in [0.15, 0.2) is 60.7 Å². The lowest BCUT2D eigenvalue weighted by atomic mass is 10.2. The van der Waals surface area contributed by atoms with E-state index in [1.54, 1.807) is 0 Å². The molecule has 0 atom stereocenters. The molecule has 2 rings (SSSR count). The lowest BCUT2D eigenvalue weighted by Crippen LogP contribution is -1.83. The number of para-hydroxylation sites is 1. The Bertz CT molecular complexity index is 488. The second-order valence-corrected chi connectivity index (χ2v) is 4.24. The van der Waals surface area contributed by atoms with Crippen molar-refractivity contribution in [1.29, 1.82) is 0 Å². The fourth-order valence-electron chi connectivity index (χ4n) is 1.55. The predicted molar refractivity (Wildman–Crippen MR) is 77.3 cm³/mol. The second kappa shape index (κ2) is 6.87. The van der Waals surface area contributed by atoms with Gasteiger partial charge in [0.25, 0.3) is 0 Å². The summed E-state index contributed by atoms with van der Waals surface area (Å²) in [4.78, 5) is 0. The zero-order valence-electron chi connectivity index (χ0n) is 10.1. The molecule has 18 heavy (non-hydrogen) atoms. The predicted octanol–water partition coefficient (Wildman–Crippen LogP) is 5.12. The molecule has 0 bridgehead atoms. The molecule has 0 saturated heterocycles. The largest absolute Gasteiger partial charge is 0.457 e. The smallest absolute Gasteiger partial charge is 0.127 e. The van der Waals surface area contributed by atoms with Gasteiger partial charge in [-0.15, -0.1) is 11.6 Å². The molecule has 0 aromatic heterocycles. The Labute approximate surface area is 113 Å². The van der Waals surface area contributed by atoms with Crippen LogP contribution in [0.4, 0.5) is 0 Å². The van der Waals surface area contributed by atoms with E-state index in [-0.39, 0.29) is 0 Å². The average Bonchev–Trinajstić information content (AvgIpc) is 2.42. The van der Waals surface area contributed by atoms with Crippen LogP contribution in [0.2, 0.25) is 0 Å². The molecule has 0 heterocycles. The van der Waals surface area contributed by atoms with Crippen LogP contribution in [-0.2, 0) is 0 Å². The van der Waals surface area contributed by atoms with Crippen molar-refractivity contribution >= 4 is 17.7 Å². The molecule has 2 heteroatoms. The summed E-state index contributed by atoms with van der Waals surface area (Å²) in [6.07, 6.45) is 5.03. The van der Waals surface area contributed by atoms with Gasteiger partial charge in [-0.2, -0.15) is 0 Å². The highest BCUT2D eigenvalue weighted by Gasteiger charge is 1.95. The standard InChI is InChI=1S/C16H15ClO/c17-13-5-4-6-14-9-11-16(12-10-14)18-15-7-2-1-3-8-15/h1-4,6-12H,5,13H2. The van der Waals surface area contributed by atoms with Gasteiger partial charge in [0.1, 0.15) is 11.5 Å². The summed E-state index contributed by atoms with van der Waals surface area (Å²) in [6.45, 7) is 0. The number of ether oxygens (including phenoxy) is 1. The Morgan fingerprint density at radius 2 is 1.56 bits per heavy atom. The molecule has 0 aliphatic heterocycles. The van der Waals surface area contributed by atoms with Gasteiger partial charge >= 0.3 is 0 Å². The lowest BCUT2D eigenvalue weighted by molar-refractivity contribution is 0.482. The minimum absolute atomic E-state index is 0.658. The molecule has 0 unspecified atom stereocenters. The summed E-state index contributed by atoms with van der Waals surface area (Å²) in [5.74, 6) is 2.35. The second-order valence-electron chi connectivity index (χ2n) is 3.86. The van der Waals surface area contributed by atoms with E-state index in [0.717, 1.165) is 23.5 Å². The van der Waals surface area contributed by atoms with E-state index in [1.807, 2.05) is 54.6 Å². The molecule has 0 radical (unpaired) electrons. The van der Waals surface area contributed by atoms with E-state index < -0.39 is 0 Å². The molecule has 2 aromatic carbocycles. The van der Waals surface area contributed by atoms with Gasteiger partial charge in [0.05, 0.1) is 0 Å². The molecule has 0 aliphatic carbocycles. The minimum Gasteiger partial charge on any atom is -0.457 e. The van der Waals surface area contributed by atoms with Crippen molar-refractivity contribution in [2.24, 2.45) is 0 Å². The molecule has 0 fully saturated rings. The van der Waals surface area contributed by atoms with Crippen molar-refractivity contribution < 1.29 is 4.74 Å². The van der Waals surface area contributed by atoms with E-state index in [0.29, 0.717) is 5.88 Å². The highest BCUT2D eigenvalue weighted by atomic mass is 35.5. The van der Waals surface area contributed by atoms with Gasteiger partial charge in [-0.25, -0.2) is 0 Å². The number of rotatable bonds is 5. The van der Waals surface area contributed by atoms with Crippen LogP contribution < -0.4 is 4.74 Å². The minimum atomic E-state index is 0.658. The third-order valence-corrected chi connectivity index (χ3v) is 2.66. The third-order valence-electron chi connectivity index (χ3n) is 2.45. The zero-order chi connectivity index (χ0) is 12.6. The van der Waals surface area contributed by atoms with Crippen molar-refractivity contribution in [3.63, 3.8) is 0 Å². The van der Waals surface area contributed by atoms with Crippen molar-refractivity contribution in [1.82, 2.24) is 0 Å². The monoisotopic (exact) mass is 258 g/mol. The van der Waals surface area contributed by atoms with Gasteiger partial charge in [-0.3, -0.25) is 0 Å². The maximum atomic E-state index is 5.71. The molecule has 0 N–H and O–H groups in total. The van der Waals surface area contributed by atoms with Gasteiger partial charge in [0.15, 0.2) is 0 Å². The maximum absolute atomic E-state index is 5.71. The molecular weight excluding hydrogens is 244 g/mol. The van der Waals surface area contributed by atoms with Crippen molar-refractivity contribution in [2.45, 2.75) is 6.42 Å². The first-order chi connectivity index (χ1) is 8.88. The van der Waals surface area contributed by atoms with E-state index >= 15 is 0 Å². The molecule has 1 nitrogen and oxygen atoms in total. The average molecular weight is 259 g/mol. The Morgan fingerprint density at radius 3 is 2.22 bits per heavy atom. The normalized spacial score (nSPS) is 10.7. The van der Waals surface area contributed by atoms with Crippen LogP contribution >= 0.6 is 11.6 Å². The fourth-order valence-corrected chi connectivity index (χ4v) is 1.68. The van der Waals surface area contributed by atoms with Crippen LogP contribution in [0.25, 0.3) is 6.08 Å². The van der Waals surface area contributed by atoms with Crippen molar-refractivity contribution in [3.05, 3.63) is 66.2 Å². The number of alkyl halides is 1. The topological polar surface area (TPSA) is 9.23 Å². The van der Waals surface area contributed by atoms with E-state index in [1.165, 1.54) is 0 Å². The molecule has 0 spiro atoms. The summed E-state index contributed by atoms with van der Waals surface area (Å²) >= 11 is 5.61. The van der Waals surface area contributed by atoms with Crippen LogP contribution in [-0.4, -0.2) is 5.88 Å². The van der Waals surface area contributed by atoms with Gasteiger partial charge < -0.3 is 4.74 Å². The molecule has 0 aliphatic rings. The molecule has 2 aromatic rings. The Balaban J connectivity index is 2.00. The first kappa shape index (κ1) is 12.7. The summed E-state index contributed by atoms with van der Waals surface area (Å²) in [6, 6.07) is 17.8. The van der Waals surface area contributed by atoms with Crippen molar-refractivity contribution in [2.75, 3.05) is 5.88 Å². The summed E-state index contributed by atoms with van der Waals surface area (Å²) in [5.41, 5.74) is 1.15. The number of hydrogen-bond donors (Lipinski definition) is 0. The Morgan fingerprint density at radius 1 is 0.889 bits per heavy atom. The van der Waals surface area contributed by atoms with Gasteiger partial charge in [0.2, 0.25) is 0 Å². The van der Waals surface area contributed by atoms with Crippen LogP contribution in [0.3, 0.4) is 0 Å². The molecule has 0 saturated carbocycles. The lowest BCUT2D eigenvalue weighted by Gasteiger charge is -2.05. The van der Waals surface area contributed by atoms with Crippen LogP contribution in [0.1, 0.15) is 12.0 Å². The summed E-state index contributed by atoms with van der Waals surface area (Å²) in [7, 11) is 0. The SMILES string of the molecule is ClCCC=Cc1ccc(Oc2ccccc2)cc1. The molecule has 0 amide bonds. The fraction of sp³-hybridized carbons (Fsp3) is 0.125.